The smallest absolute Gasteiger partial charge is 0.240 e. The van der Waals surface area contributed by atoms with Gasteiger partial charge in [-0.15, -0.1) is 10.2 Å². The number of benzene rings is 2. The number of ether oxygens (including phenoxy) is 1. The van der Waals surface area contributed by atoms with Crippen LogP contribution in [0.4, 0.5) is 5.69 Å². The van der Waals surface area contributed by atoms with Crippen LogP contribution in [-0.4, -0.2) is 32.6 Å². The third-order valence-electron chi connectivity index (χ3n) is 5.27. The molecule has 1 amide bonds. The van der Waals surface area contributed by atoms with E-state index < -0.39 is 5.25 Å². The molecule has 31 heavy (non-hydrogen) atoms. The number of anilines is 1. The highest BCUT2D eigenvalue weighted by Crippen LogP contribution is 2.38. The number of amides is 1. The number of aryl methyl sites for hydroxylation is 3. The minimum atomic E-state index is -0.417. The van der Waals surface area contributed by atoms with Crippen molar-refractivity contribution in [2.45, 2.75) is 50.6 Å². The molecule has 1 aliphatic rings. The molecule has 1 aromatic heterocycles. The van der Waals surface area contributed by atoms with E-state index in [9.17, 15) is 4.79 Å². The van der Waals surface area contributed by atoms with E-state index in [1.54, 1.807) is 0 Å². The van der Waals surface area contributed by atoms with E-state index in [1.165, 1.54) is 11.8 Å². The maximum absolute atomic E-state index is 13.4. The van der Waals surface area contributed by atoms with E-state index in [4.69, 9.17) is 4.74 Å². The normalized spacial score (nSPS) is 17.5. The van der Waals surface area contributed by atoms with E-state index >= 15 is 0 Å². The second-order valence-corrected chi connectivity index (χ2v) is 8.65. The maximum atomic E-state index is 13.4. The van der Waals surface area contributed by atoms with Crippen molar-refractivity contribution in [2.75, 3.05) is 17.3 Å². The van der Waals surface area contributed by atoms with Crippen LogP contribution < -0.4 is 15.5 Å². The Balaban J connectivity index is 1.65. The Morgan fingerprint density at radius 2 is 1.94 bits per heavy atom. The molecule has 0 saturated carbocycles. The molecule has 0 radical (unpaired) electrons. The summed E-state index contributed by atoms with van der Waals surface area (Å²) in [6, 6.07) is 13.6. The molecule has 0 saturated heterocycles. The number of carbonyl (C=O) groups is 1. The lowest BCUT2D eigenvalue weighted by atomic mass is 10.0. The highest BCUT2D eigenvalue weighted by atomic mass is 32.2. The SMILES string of the molecule is CCOc1ccc([C@@H]2Nn3c(CC)nnc3S[C@H]2C(=O)Nc2ccc(C)cc2C)cc1. The van der Waals surface area contributed by atoms with Crippen LogP contribution in [0.25, 0.3) is 0 Å². The first-order chi connectivity index (χ1) is 15.0. The second kappa shape index (κ2) is 9.01. The van der Waals surface area contributed by atoms with Crippen molar-refractivity contribution >= 4 is 23.4 Å². The van der Waals surface area contributed by atoms with Crippen molar-refractivity contribution in [3.05, 3.63) is 65.0 Å². The van der Waals surface area contributed by atoms with Gasteiger partial charge >= 0.3 is 0 Å². The molecule has 2 aromatic carbocycles. The highest BCUT2D eigenvalue weighted by Gasteiger charge is 2.37. The van der Waals surface area contributed by atoms with Crippen LogP contribution in [0.5, 0.6) is 5.75 Å². The van der Waals surface area contributed by atoms with Gasteiger partial charge in [-0.3, -0.25) is 4.79 Å². The molecule has 7 nitrogen and oxygen atoms in total. The third-order valence-corrected chi connectivity index (χ3v) is 6.48. The van der Waals surface area contributed by atoms with Gasteiger partial charge in [-0.1, -0.05) is 48.5 Å². The summed E-state index contributed by atoms with van der Waals surface area (Å²) in [4.78, 5) is 13.4. The van der Waals surface area contributed by atoms with Gasteiger partial charge in [-0.25, -0.2) is 4.68 Å². The number of hydrogen-bond donors (Lipinski definition) is 2. The number of carbonyl (C=O) groups excluding carboxylic acids is 1. The van der Waals surface area contributed by atoms with Gasteiger partial charge in [0.15, 0.2) is 5.82 Å². The van der Waals surface area contributed by atoms with Gasteiger partial charge in [-0.2, -0.15) is 0 Å². The van der Waals surface area contributed by atoms with Crippen molar-refractivity contribution in [1.29, 1.82) is 0 Å². The molecular formula is C23H27N5O2S. The molecule has 3 aromatic rings. The van der Waals surface area contributed by atoms with Gasteiger partial charge in [-0.05, 0) is 50.1 Å². The van der Waals surface area contributed by atoms with Crippen LogP contribution in [0.2, 0.25) is 0 Å². The van der Waals surface area contributed by atoms with E-state index in [0.717, 1.165) is 40.4 Å². The number of aromatic nitrogens is 3. The van der Waals surface area contributed by atoms with Gasteiger partial charge in [0, 0.05) is 12.1 Å². The number of nitrogens with zero attached hydrogens (tertiary/aromatic N) is 3. The molecule has 8 heteroatoms. The van der Waals surface area contributed by atoms with Crippen molar-refractivity contribution in [3.8, 4) is 5.75 Å². The second-order valence-electron chi connectivity index (χ2n) is 7.54. The predicted molar refractivity (Wildman–Crippen MR) is 123 cm³/mol. The summed E-state index contributed by atoms with van der Waals surface area (Å²) in [5.74, 6) is 1.58. The van der Waals surface area contributed by atoms with Crippen LogP contribution >= 0.6 is 11.8 Å². The fraction of sp³-hybridized carbons (Fsp3) is 0.348. The Hall–Kier alpha value is -3.00. The minimum absolute atomic E-state index is 0.0735. The number of hydrogen-bond acceptors (Lipinski definition) is 6. The van der Waals surface area contributed by atoms with Crippen LogP contribution in [0.15, 0.2) is 47.6 Å². The van der Waals surface area contributed by atoms with Crippen molar-refractivity contribution in [2.24, 2.45) is 0 Å². The quantitative estimate of drug-likeness (QED) is 0.600. The van der Waals surface area contributed by atoms with Gasteiger partial charge in [0.25, 0.3) is 0 Å². The van der Waals surface area contributed by atoms with Gasteiger partial charge < -0.3 is 15.5 Å². The van der Waals surface area contributed by atoms with Crippen LogP contribution in [0.3, 0.4) is 0 Å². The number of rotatable bonds is 6. The summed E-state index contributed by atoms with van der Waals surface area (Å²) < 4.78 is 7.47. The van der Waals surface area contributed by atoms with E-state index in [2.05, 4.69) is 27.0 Å². The van der Waals surface area contributed by atoms with E-state index in [-0.39, 0.29) is 11.9 Å². The van der Waals surface area contributed by atoms with Crippen LogP contribution in [-0.2, 0) is 11.2 Å². The number of nitrogens with one attached hydrogen (secondary N) is 2. The maximum Gasteiger partial charge on any atom is 0.240 e. The first-order valence-electron chi connectivity index (χ1n) is 10.5. The largest absolute Gasteiger partial charge is 0.494 e. The average Bonchev–Trinajstić information content (AvgIpc) is 3.17. The number of fused-ring (bicyclic) bond motifs is 1. The Bertz CT molecular complexity index is 1080. The fourth-order valence-corrected chi connectivity index (χ4v) is 4.77. The summed E-state index contributed by atoms with van der Waals surface area (Å²) in [6.45, 7) is 8.65. The molecule has 0 fully saturated rings. The summed E-state index contributed by atoms with van der Waals surface area (Å²) in [7, 11) is 0. The van der Waals surface area contributed by atoms with Gasteiger partial charge in [0.2, 0.25) is 11.1 Å². The molecule has 2 atom stereocenters. The topological polar surface area (TPSA) is 81.1 Å². The van der Waals surface area contributed by atoms with E-state index in [1.807, 2.05) is 68.8 Å². The Morgan fingerprint density at radius 3 is 2.61 bits per heavy atom. The predicted octanol–water partition coefficient (Wildman–Crippen LogP) is 4.25. The average molecular weight is 438 g/mol. The number of thioether (sulfide) groups is 1. The zero-order valence-electron chi connectivity index (χ0n) is 18.2. The molecule has 0 bridgehead atoms. The summed E-state index contributed by atoms with van der Waals surface area (Å²) >= 11 is 1.43. The minimum Gasteiger partial charge on any atom is -0.494 e. The zero-order valence-corrected chi connectivity index (χ0v) is 19.0. The lowest BCUT2D eigenvalue weighted by Gasteiger charge is -2.33. The lowest BCUT2D eigenvalue weighted by Crippen LogP contribution is -2.41. The molecule has 0 spiro atoms. The molecule has 0 unspecified atom stereocenters. The molecule has 4 rings (SSSR count). The first kappa shape index (κ1) is 21.2. The monoisotopic (exact) mass is 437 g/mol. The Labute approximate surface area is 186 Å². The highest BCUT2D eigenvalue weighted by molar-refractivity contribution is 8.00. The molecular weight excluding hydrogens is 410 g/mol. The zero-order chi connectivity index (χ0) is 22.0. The molecule has 1 aliphatic heterocycles. The molecule has 2 N–H and O–H groups in total. The Kier molecular flexibility index (Phi) is 6.18. The van der Waals surface area contributed by atoms with Crippen molar-refractivity contribution < 1.29 is 9.53 Å². The van der Waals surface area contributed by atoms with Crippen molar-refractivity contribution in [3.63, 3.8) is 0 Å². The standard InChI is InChI=1S/C23H27N5O2S/c1-5-19-25-26-23-28(19)27-20(16-8-10-17(11-9-16)30-6-2)21(31-23)22(29)24-18-12-7-14(3)13-15(18)4/h7-13,20-21,27H,5-6H2,1-4H3,(H,24,29)/t20-,21+/m0/s1. The molecule has 162 valence electrons. The summed E-state index contributed by atoms with van der Waals surface area (Å²) in [5.41, 5.74) is 7.50. The third kappa shape index (κ3) is 4.39. The van der Waals surface area contributed by atoms with E-state index in [0.29, 0.717) is 11.8 Å². The first-order valence-corrected chi connectivity index (χ1v) is 11.4. The van der Waals surface area contributed by atoms with Gasteiger partial charge in [0.05, 0.1) is 12.6 Å². The van der Waals surface area contributed by atoms with Crippen molar-refractivity contribution in [1.82, 2.24) is 14.9 Å². The van der Waals surface area contributed by atoms with Crippen LogP contribution in [0, 0.1) is 13.8 Å². The van der Waals surface area contributed by atoms with Gasteiger partial charge in [0.1, 0.15) is 11.0 Å². The Morgan fingerprint density at radius 1 is 1.16 bits per heavy atom. The lowest BCUT2D eigenvalue weighted by molar-refractivity contribution is -0.116. The molecule has 2 heterocycles. The fourth-order valence-electron chi connectivity index (χ4n) is 3.67. The summed E-state index contributed by atoms with van der Waals surface area (Å²) in [5, 5.41) is 11.9. The summed E-state index contributed by atoms with van der Waals surface area (Å²) in [6.07, 6.45) is 0.746. The van der Waals surface area contributed by atoms with Crippen LogP contribution in [0.1, 0.15) is 42.4 Å². The molecule has 0 aliphatic carbocycles.